The Bertz CT molecular complexity index is 1430. The van der Waals surface area contributed by atoms with Gasteiger partial charge in [0, 0.05) is 61.8 Å². The van der Waals surface area contributed by atoms with Gasteiger partial charge in [0.1, 0.15) is 29.4 Å². The predicted molar refractivity (Wildman–Crippen MR) is 142 cm³/mol. The third-order valence-electron chi connectivity index (χ3n) is 6.56. The zero-order valence-electron chi connectivity index (χ0n) is 20.7. The Morgan fingerprint density at radius 1 is 1.14 bits per heavy atom. The number of anilines is 3. The number of amides is 2. The highest BCUT2D eigenvalue weighted by molar-refractivity contribution is 6.02. The third-order valence-corrected chi connectivity index (χ3v) is 6.56. The Morgan fingerprint density at radius 3 is 2.70 bits per heavy atom. The molecule has 3 heterocycles. The number of carbonyl (C=O) groups excluding carboxylic acids is 1. The van der Waals surface area contributed by atoms with Crippen molar-refractivity contribution in [1.82, 2.24) is 24.8 Å². The van der Waals surface area contributed by atoms with E-state index in [1.165, 1.54) is 18.5 Å². The molecule has 0 unspecified atom stereocenters. The number of methoxy groups -OCH3 is 1. The Morgan fingerprint density at radius 2 is 1.95 bits per heavy atom. The highest BCUT2D eigenvalue weighted by Gasteiger charge is 2.17. The van der Waals surface area contributed by atoms with Crippen LogP contribution in [0.4, 0.5) is 26.4 Å². The largest absolute Gasteiger partial charge is 0.496 e. The van der Waals surface area contributed by atoms with E-state index in [0.29, 0.717) is 39.4 Å². The van der Waals surface area contributed by atoms with E-state index in [9.17, 15) is 9.18 Å². The number of rotatable bonds is 6. The lowest BCUT2D eigenvalue weighted by molar-refractivity contribution is 0.147. The fraction of sp³-hybridized carbons (Fsp3) is 0.269. The number of aromatic amines is 1. The van der Waals surface area contributed by atoms with Gasteiger partial charge in [0.2, 0.25) is 0 Å². The van der Waals surface area contributed by atoms with Crippen molar-refractivity contribution in [2.45, 2.75) is 6.54 Å². The molecule has 1 aliphatic rings. The first-order valence-corrected chi connectivity index (χ1v) is 11.9. The number of piperazine rings is 1. The first kappa shape index (κ1) is 24.5. The number of carbonyl (C=O) groups is 1. The number of benzene rings is 2. The molecule has 0 radical (unpaired) electrons. The van der Waals surface area contributed by atoms with Crippen LogP contribution in [0.5, 0.6) is 5.75 Å². The van der Waals surface area contributed by atoms with Crippen LogP contribution in [-0.2, 0) is 6.54 Å². The molecule has 2 aromatic carbocycles. The van der Waals surface area contributed by atoms with Gasteiger partial charge < -0.3 is 31.0 Å². The molecule has 0 bridgehead atoms. The van der Waals surface area contributed by atoms with Crippen molar-refractivity contribution < 1.29 is 13.9 Å². The molecule has 0 atom stereocenters. The van der Waals surface area contributed by atoms with Gasteiger partial charge in [-0.25, -0.2) is 19.2 Å². The first-order valence-electron chi connectivity index (χ1n) is 11.9. The number of halogens is 1. The summed E-state index contributed by atoms with van der Waals surface area (Å²) in [5, 5.41) is 5.93. The molecule has 0 saturated carbocycles. The van der Waals surface area contributed by atoms with Gasteiger partial charge in [-0.2, -0.15) is 0 Å². The minimum Gasteiger partial charge on any atom is -0.496 e. The molecule has 5 N–H and O–H groups in total. The summed E-state index contributed by atoms with van der Waals surface area (Å²) in [6.45, 7) is 4.82. The van der Waals surface area contributed by atoms with E-state index in [2.05, 4.69) is 42.4 Å². The molecule has 2 aromatic heterocycles. The number of fused-ring (bicyclic) bond motifs is 1. The molecule has 2 amide bonds. The number of urea groups is 1. The summed E-state index contributed by atoms with van der Waals surface area (Å²) >= 11 is 0. The molecular formula is C26H29FN8O2. The van der Waals surface area contributed by atoms with Crippen LogP contribution in [0.15, 0.2) is 48.9 Å². The summed E-state index contributed by atoms with van der Waals surface area (Å²) in [6, 6.07) is 9.50. The number of aromatic nitrogens is 3. The van der Waals surface area contributed by atoms with Crippen molar-refractivity contribution in [3.05, 3.63) is 60.3 Å². The Kier molecular flexibility index (Phi) is 6.89. The summed E-state index contributed by atoms with van der Waals surface area (Å²) in [5.74, 6) is 0.403. The van der Waals surface area contributed by atoms with Crippen LogP contribution < -0.4 is 21.1 Å². The Hall–Kier alpha value is -4.22. The quantitative estimate of drug-likeness (QED) is 0.315. The summed E-state index contributed by atoms with van der Waals surface area (Å²) < 4.78 is 20.5. The van der Waals surface area contributed by atoms with E-state index in [1.807, 2.05) is 12.1 Å². The summed E-state index contributed by atoms with van der Waals surface area (Å²) in [5.41, 5.74) is 9.44. The minimum absolute atomic E-state index is 0.0453. The maximum atomic E-state index is 14.9. The van der Waals surface area contributed by atoms with Gasteiger partial charge >= 0.3 is 6.03 Å². The van der Waals surface area contributed by atoms with Gasteiger partial charge in [0.15, 0.2) is 0 Å². The molecule has 5 rings (SSSR count). The van der Waals surface area contributed by atoms with Crippen LogP contribution >= 0.6 is 0 Å². The Balaban J connectivity index is 1.26. The van der Waals surface area contributed by atoms with Gasteiger partial charge in [-0.15, -0.1) is 0 Å². The van der Waals surface area contributed by atoms with Gasteiger partial charge in [-0.05, 0) is 30.8 Å². The zero-order chi connectivity index (χ0) is 25.9. The van der Waals surface area contributed by atoms with Crippen LogP contribution in [0.2, 0.25) is 0 Å². The third kappa shape index (κ3) is 5.32. The summed E-state index contributed by atoms with van der Waals surface area (Å²) in [7, 11) is 3.73. The van der Waals surface area contributed by atoms with Crippen molar-refractivity contribution in [1.29, 1.82) is 0 Å². The van der Waals surface area contributed by atoms with Crippen LogP contribution in [0.25, 0.3) is 22.2 Å². The molecule has 1 saturated heterocycles. The number of H-pyrrole nitrogens is 1. The van der Waals surface area contributed by atoms with Crippen molar-refractivity contribution in [2.75, 3.05) is 56.7 Å². The molecule has 4 aromatic rings. The number of nitrogens with zero attached hydrogens (tertiary/aromatic N) is 4. The topological polar surface area (TPSA) is 124 Å². The molecular weight excluding hydrogens is 475 g/mol. The van der Waals surface area contributed by atoms with Gasteiger partial charge in [-0.1, -0.05) is 12.1 Å². The molecule has 1 aliphatic heterocycles. The van der Waals surface area contributed by atoms with Crippen molar-refractivity contribution >= 4 is 34.3 Å². The fourth-order valence-corrected chi connectivity index (χ4v) is 4.48. The van der Waals surface area contributed by atoms with Gasteiger partial charge in [-0.3, -0.25) is 4.90 Å². The normalized spacial score (nSPS) is 14.6. The highest BCUT2D eigenvalue weighted by atomic mass is 19.1. The standard InChI is InChI=1S/C26H29FN8O2/c1-34-7-9-35(10-8-34)14-17-3-5-18(12-22(17)37-2)32-26(36)33-21-6-4-16(11-20(21)27)19-13-29-25-23(19)24(28)30-15-31-25/h3-6,11-13,15H,7-10,14H2,1-2H3,(H2,32,33,36)(H3,28,29,30,31). The van der Waals surface area contributed by atoms with E-state index < -0.39 is 11.8 Å². The molecule has 37 heavy (non-hydrogen) atoms. The smallest absolute Gasteiger partial charge is 0.323 e. The zero-order valence-corrected chi connectivity index (χ0v) is 20.7. The average Bonchev–Trinajstić information content (AvgIpc) is 3.33. The maximum absolute atomic E-state index is 14.9. The van der Waals surface area contributed by atoms with E-state index in [0.717, 1.165) is 38.3 Å². The van der Waals surface area contributed by atoms with Crippen molar-refractivity contribution in [2.24, 2.45) is 0 Å². The number of hydrogen-bond acceptors (Lipinski definition) is 7. The average molecular weight is 505 g/mol. The molecule has 0 spiro atoms. The number of ether oxygens (including phenoxy) is 1. The van der Waals surface area contributed by atoms with Crippen molar-refractivity contribution in [3.63, 3.8) is 0 Å². The van der Waals surface area contributed by atoms with E-state index in [4.69, 9.17) is 10.5 Å². The van der Waals surface area contributed by atoms with Gasteiger partial charge in [0.25, 0.3) is 0 Å². The summed E-state index contributed by atoms with van der Waals surface area (Å²) in [6.07, 6.45) is 3.06. The second-order valence-electron chi connectivity index (χ2n) is 9.06. The lowest BCUT2D eigenvalue weighted by Crippen LogP contribution is -2.43. The number of nitrogens with one attached hydrogen (secondary N) is 3. The second-order valence-corrected chi connectivity index (χ2v) is 9.06. The van der Waals surface area contributed by atoms with E-state index in [-0.39, 0.29) is 5.69 Å². The number of hydrogen-bond donors (Lipinski definition) is 4. The molecule has 11 heteroatoms. The van der Waals surface area contributed by atoms with Crippen LogP contribution in [0, 0.1) is 5.82 Å². The molecule has 0 aliphatic carbocycles. The van der Waals surface area contributed by atoms with Crippen LogP contribution in [0.1, 0.15) is 5.56 Å². The lowest BCUT2D eigenvalue weighted by atomic mass is 10.1. The number of likely N-dealkylation sites (N-methyl/N-ethyl adjacent to an activating group) is 1. The maximum Gasteiger partial charge on any atom is 0.323 e. The fourth-order valence-electron chi connectivity index (χ4n) is 4.48. The summed E-state index contributed by atoms with van der Waals surface area (Å²) in [4.78, 5) is 28.5. The van der Waals surface area contributed by atoms with E-state index >= 15 is 0 Å². The highest BCUT2D eigenvalue weighted by Crippen LogP contribution is 2.32. The monoisotopic (exact) mass is 504 g/mol. The molecule has 1 fully saturated rings. The second kappa shape index (κ2) is 10.4. The van der Waals surface area contributed by atoms with E-state index in [1.54, 1.807) is 25.4 Å². The van der Waals surface area contributed by atoms with Gasteiger partial charge in [0.05, 0.1) is 18.2 Å². The van der Waals surface area contributed by atoms with Crippen LogP contribution in [0.3, 0.4) is 0 Å². The molecule has 10 nitrogen and oxygen atoms in total. The number of nitrogen functional groups attached to an aromatic ring is 1. The Labute approximate surface area is 213 Å². The first-order chi connectivity index (χ1) is 17.9. The number of nitrogens with two attached hydrogens (primary N) is 1. The SMILES string of the molecule is COc1cc(NC(=O)Nc2ccc(-c3c[nH]c4ncnc(N)c34)cc2F)ccc1CN1CCN(C)CC1. The van der Waals surface area contributed by atoms with Crippen LogP contribution in [-0.4, -0.2) is 71.1 Å². The molecule has 192 valence electrons. The lowest BCUT2D eigenvalue weighted by Gasteiger charge is -2.32. The minimum atomic E-state index is -0.586. The van der Waals surface area contributed by atoms with Crippen molar-refractivity contribution in [3.8, 4) is 16.9 Å². The predicted octanol–water partition coefficient (Wildman–Crippen LogP) is 3.75.